The zero-order valence-electron chi connectivity index (χ0n) is 22.5. The van der Waals surface area contributed by atoms with Gasteiger partial charge in [-0.25, -0.2) is 8.78 Å². The van der Waals surface area contributed by atoms with Crippen molar-refractivity contribution in [3.05, 3.63) is 71.7 Å². The lowest BCUT2D eigenvalue weighted by Crippen LogP contribution is -2.35. The number of nitrogens with one attached hydrogen (secondary N) is 1. The molecule has 11 heteroatoms. The number of H-pyrrole nitrogens is 1. The van der Waals surface area contributed by atoms with Crippen molar-refractivity contribution >= 4 is 28.3 Å². The van der Waals surface area contributed by atoms with Crippen LogP contribution >= 0.6 is 0 Å². The molecule has 0 fully saturated rings. The Hall–Kier alpha value is -4.54. The molecule has 0 saturated heterocycles. The van der Waals surface area contributed by atoms with E-state index in [4.69, 9.17) is 4.74 Å². The summed E-state index contributed by atoms with van der Waals surface area (Å²) in [6.07, 6.45) is 3.70. The number of aryl methyl sites for hydroxylation is 1. The van der Waals surface area contributed by atoms with Gasteiger partial charge in [0.1, 0.15) is 11.4 Å². The van der Waals surface area contributed by atoms with Gasteiger partial charge in [-0.3, -0.25) is 14.3 Å². The van der Waals surface area contributed by atoms with E-state index < -0.39 is 6.43 Å². The fraction of sp³-hybridized carbons (Fsp3) is 0.310. The number of fused-ring (bicyclic) bond motifs is 1. The van der Waals surface area contributed by atoms with Gasteiger partial charge in [0, 0.05) is 61.8 Å². The number of aromatic amines is 1. The summed E-state index contributed by atoms with van der Waals surface area (Å²) in [6.45, 7) is 1.44. The molecule has 3 heterocycles. The molecule has 0 unspecified atom stereocenters. The number of carbonyl (C=O) groups is 2. The zero-order valence-corrected chi connectivity index (χ0v) is 22.5. The molecule has 1 aliphatic rings. The van der Waals surface area contributed by atoms with Crippen LogP contribution in [-0.2, 0) is 11.3 Å². The van der Waals surface area contributed by atoms with Crippen LogP contribution in [0.4, 0.5) is 8.78 Å². The van der Waals surface area contributed by atoms with Crippen molar-refractivity contribution in [3.8, 4) is 16.9 Å². The van der Waals surface area contributed by atoms with E-state index >= 15 is 0 Å². The number of hydrogen-bond acceptors (Lipinski definition) is 5. The van der Waals surface area contributed by atoms with Gasteiger partial charge in [-0.2, -0.15) is 0 Å². The second-order valence-corrected chi connectivity index (χ2v) is 9.88. The number of methoxy groups -OCH3 is 1. The summed E-state index contributed by atoms with van der Waals surface area (Å²) in [6, 6.07) is 9.90. The molecule has 0 saturated carbocycles. The van der Waals surface area contributed by atoms with Crippen LogP contribution in [0.5, 0.6) is 5.75 Å². The highest BCUT2D eigenvalue weighted by atomic mass is 19.3. The lowest BCUT2D eigenvalue weighted by molar-refractivity contribution is -0.131. The van der Waals surface area contributed by atoms with Crippen molar-refractivity contribution < 1.29 is 23.1 Å². The number of benzene rings is 2. The minimum atomic E-state index is -2.65. The van der Waals surface area contributed by atoms with Gasteiger partial charge in [-0.05, 0) is 59.5 Å². The maximum atomic E-state index is 13.7. The maximum Gasteiger partial charge on any atom is 0.269 e. The normalized spacial score (nSPS) is 13.6. The van der Waals surface area contributed by atoms with E-state index in [1.807, 2.05) is 17.0 Å². The number of rotatable bonds is 8. The van der Waals surface area contributed by atoms with E-state index in [1.165, 1.54) is 30.2 Å². The molecule has 0 radical (unpaired) electrons. The van der Waals surface area contributed by atoms with E-state index in [1.54, 1.807) is 37.2 Å². The maximum absolute atomic E-state index is 13.7. The van der Waals surface area contributed by atoms with E-state index in [0.717, 1.165) is 11.1 Å². The summed E-state index contributed by atoms with van der Waals surface area (Å²) >= 11 is 0. The summed E-state index contributed by atoms with van der Waals surface area (Å²) in [5.41, 5.74) is 3.83. The molecule has 2 amide bonds. The highest BCUT2D eigenvalue weighted by Gasteiger charge is 2.23. The Balaban J connectivity index is 1.55. The quantitative estimate of drug-likeness (QED) is 0.342. The van der Waals surface area contributed by atoms with Crippen LogP contribution in [0, 0.1) is 0 Å². The van der Waals surface area contributed by atoms with Crippen molar-refractivity contribution in [2.24, 2.45) is 0 Å². The molecule has 2 aromatic heterocycles. The largest absolute Gasteiger partial charge is 0.496 e. The fourth-order valence-electron chi connectivity index (χ4n) is 4.96. The number of amides is 2. The smallest absolute Gasteiger partial charge is 0.269 e. The van der Waals surface area contributed by atoms with Gasteiger partial charge < -0.3 is 19.5 Å². The third kappa shape index (κ3) is 5.45. The lowest BCUT2D eigenvalue weighted by Gasteiger charge is -2.28. The molecule has 0 spiro atoms. The van der Waals surface area contributed by atoms with E-state index in [-0.39, 0.29) is 17.4 Å². The fourth-order valence-corrected chi connectivity index (χ4v) is 4.96. The Bertz CT molecular complexity index is 1580. The van der Waals surface area contributed by atoms with Gasteiger partial charge in [-0.1, -0.05) is 11.3 Å². The van der Waals surface area contributed by atoms with Crippen LogP contribution in [0.1, 0.15) is 40.9 Å². The molecular weight excluding hydrogens is 518 g/mol. The lowest BCUT2D eigenvalue weighted by atomic mass is 9.92. The molecule has 9 nitrogen and oxygen atoms in total. The number of hydrogen-bond donors (Lipinski definition) is 1. The average molecular weight is 549 g/mol. The van der Waals surface area contributed by atoms with Gasteiger partial charge in [0.15, 0.2) is 0 Å². The van der Waals surface area contributed by atoms with Crippen LogP contribution < -0.4 is 4.74 Å². The minimum absolute atomic E-state index is 0.00689. The van der Waals surface area contributed by atoms with Crippen molar-refractivity contribution in [1.29, 1.82) is 0 Å². The third-order valence-corrected chi connectivity index (χ3v) is 7.04. The first-order chi connectivity index (χ1) is 19.2. The average Bonchev–Trinajstić information content (AvgIpc) is 3.64. The predicted octanol–water partition coefficient (Wildman–Crippen LogP) is 4.78. The second kappa shape index (κ2) is 11.3. The summed E-state index contributed by atoms with van der Waals surface area (Å²) in [7, 11) is 4.82. The molecule has 0 bridgehead atoms. The van der Waals surface area contributed by atoms with Crippen LogP contribution in [0.15, 0.2) is 54.9 Å². The van der Waals surface area contributed by atoms with Crippen molar-refractivity contribution in [2.45, 2.75) is 25.8 Å². The van der Waals surface area contributed by atoms with Gasteiger partial charge in [-0.15, -0.1) is 5.10 Å². The highest BCUT2D eigenvalue weighted by molar-refractivity contribution is 6.05. The number of alkyl halides is 2. The molecule has 5 rings (SSSR count). The minimum Gasteiger partial charge on any atom is -0.496 e. The third-order valence-electron chi connectivity index (χ3n) is 7.04. The van der Waals surface area contributed by atoms with Crippen molar-refractivity contribution in [3.63, 3.8) is 0 Å². The van der Waals surface area contributed by atoms with Gasteiger partial charge in [0.2, 0.25) is 5.91 Å². The number of carbonyl (C=O) groups excluding carboxylic acids is 2. The monoisotopic (exact) mass is 548 g/mol. The zero-order chi connectivity index (χ0) is 28.4. The summed E-state index contributed by atoms with van der Waals surface area (Å²) < 4.78 is 34.6. The van der Waals surface area contributed by atoms with Crippen LogP contribution in [0.2, 0.25) is 0 Å². The van der Waals surface area contributed by atoms with Crippen molar-refractivity contribution in [1.82, 2.24) is 29.8 Å². The first kappa shape index (κ1) is 27.0. The number of aromatic nitrogens is 4. The van der Waals surface area contributed by atoms with Gasteiger partial charge >= 0.3 is 0 Å². The topological polar surface area (TPSA) is 96.3 Å². The summed E-state index contributed by atoms with van der Waals surface area (Å²) in [5.74, 6) is 0.234. The molecule has 2 aromatic carbocycles. The number of nitrogens with zero attached hydrogens (tertiary/aromatic N) is 5. The summed E-state index contributed by atoms with van der Waals surface area (Å²) in [4.78, 5) is 32.3. The number of ether oxygens (including phenoxy) is 1. The summed E-state index contributed by atoms with van der Waals surface area (Å²) in [5, 5.41) is 8.39. The Kier molecular flexibility index (Phi) is 7.63. The molecule has 4 aromatic rings. The van der Waals surface area contributed by atoms with Gasteiger partial charge in [0.25, 0.3) is 12.3 Å². The van der Waals surface area contributed by atoms with Crippen LogP contribution in [-0.4, -0.2) is 75.9 Å². The Morgan fingerprint density at radius 1 is 1.15 bits per heavy atom. The van der Waals surface area contributed by atoms with E-state index in [0.29, 0.717) is 65.9 Å². The van der Waals surface area contributed by atoms with Crippen molar-refractivity contribution in [2.75, 3.05) is 34.3 Å². The molecule has 0 atom stereocenters. The molecule has 40 heavy (non-hydrogen) atoms. The standard InChI is InChI=1S/C29H30F2N6O3/c1-35(2)29(39)25-16-22-21(23-13-18(28(30)31)6-7-26(23)40-3)14-20(15-24(22)33-25)19-5-4-10-36(17-19)27(38)8-11-37-12-9-32-34-37/h5-7,9,12-16,28,33H,4,8,10-11,17H2,1-3H3. The molecule has 1 aliphatic heterocycles. The molecule has 1 N–H and O–H groups in total. The Morgan fingerprint density at radius 2 is 1.98 bits per heavy atom. The Labute approximate surface area is 230 Å². The van der Waals surface area contributed by atoms with E-state index in [2.05, 4.69) is 21.4 Å². The Morgan fingerprint density at radius 3 is 2.67 bits per heavy atom. The predicted molar refractivity (Wildman–Crippen MR) is 147 cm³/mol. The molecular formula is C29H30F2N6O3. The first-order valence-corrected chi connectivity index (χ1v) is 12.9. The molecule has 208 valence electrons. The number of halogens is 2. The molecule has 0 aliphatic carbocycles. The van der Waals surface area contributed by atoms with E-state index in [9.17, 15) is 18.4 Å². The van der Waals surface area contributed by atoms with Gasteiger partial charge in [0.05, 0.1) is 19.9 Å². The van der Waals surface area contributed by atoms with Crippen LogP contribution in [0.3, 0.4) is 0 Å². The second-order valence-electron chi connectivity index (χ2n) is 9.88. The highest BCUT2D eigenvalue weighted by Crippen LogP contribution is 2.40. The SMILES string of the molecule is COc1ccc(C(F)F)cc1-c1cc(C2=CCCN(C(=O)CCn3ccnn3)C2)cc2[nH]c(C(=O)N(C)C)cc12. The first-order valence-electron chi connectivity index (χ1n) is 12.9. The van der Waals surface area contributed by atoms with Crippen LogP contribution in [0.25, 0.3) is 27.6 Å².